The lowest BCUT2D eigenvalue weighted by molar-refractivity contribution is -0.120. The number of piperidine rings is 1. The van der Waals surface area contributed by atoms with E-state index in [9.17, 15) is 9.18 Å². The van der Waals surface area contributed by atoms with E-state index in [1.807, 2.05) is 12.1 Å². The summed E-state index contributed by atoms with van der Waals surface area (Å²) in [4.78, 5) is 23.9. The summed E-state index contributed by atoms with van der Waals surface area (Å²) in [6, 6.07) is 13.3. The van der Waals surface area contributed by atoms with Crippen molar-refractivity contribution in [3.63, 3.8) is 0 Å². The molecule has 0 unspecified atom stereocenters. The Morgan fingerprint density at radius 3 is 2.81 bits per heavy atom. The maximum absolute atomic E-state index is 13.2. The predicted molar refractivity (Wildman–Crippen MR) is 114 cm³/mol. The van der Waals surface area contributed by atoms with Crippen LogP contribution in [-0.4, -0.2) is 35.8 Å². The van der Waals surface area contributed by atoms with Gasteiger partial charge >= 0.3 is 0 Å². The molecule has 3 aromatic rings. The van der Waals surface area contributed by atoms with Crippen molar-refractivity contribution < 1.29 is 18.7 Å². The van der Waals surface area contributed by atoms with Gasteiger partial charge in [-0.3, -0.25) is 4.79 Å². The van der Waals surface area contributed by atoms with Crippen LogP contribution in [0.2, 0.25) is 0 Å². The fourth-order valence-corrected chi connectivity index (χ4v) is 3.88. The fourth-order valence-electron chi connectivity index (χ4n) is 3.88. The second-order valence-electron chi connectivity index (χ2n) is 7.59. The lowest BCUT2D eigenvalue weighted by Gasteiger charge is -2.33. The highest BCUT2D eigenvalue weighted by atomic mass is 19.1. The van der Waals surface area contributed by atoms with Crippen molar-refractivity contribution in [2.45, 2.75) is 12.8 Å². The van der Waals surface area contributed by atoms with Crippen molar-refractivity contribution >= 4 is 17.4 Å². The smallest absolute Gasteiger partial charge is 0.231 e. The normalized spacial score (nSPS) is 17.5. The minimum atomic E-state index is -0.299. The molecule has 2 aliphatic rings. The SMILES string of the molecule is O=C(Nc1ccc2c(c1)OCO2)[C@H]1CCCN(c2ccnc(-c3ccc(F)cc3)n2)C1. The molecule has 1 atom stereocenters. The molecule has 0 bridgehead atoms. The van der Waals surface area contributed by atoms with E-state index in [2.05, 4.69) is 20.2 Å². The van der Waals surface area contributed by atoms with Gasteiger partial charge in [0, 0.05) is 36.6 Å². The maximum atomic E-state index is 13.2. The molecule has 158 valence electrons. The number of amides is 1. The van der Waals surface area contributed by atoms with Gasteiger partial charge in [0.25, 0.3) is 0 Å². The number of anilines is 2. The monoisotopic (exact) mass is 420 g/mol. The molecular formula is C23H21FN4O3. The largest absolute Gasteiger partial charge is 0.454 e. The number of hydrogen-bond donors (Lipinski definition) is 1. The number of fused-ring (bicyclic) bond motifs is 1. The Hall–Kier alpha value is -3.68. The number of rotatable bonds is 4. The van der Waals surface area contributed by atoms with Gasteiger partial charge in [0.15, 0.2) is 17.3 Å². The molecule has 7 nitrogen and oxygen atoms in total. The zero-order valence-corrected chi connectivity index (χ0v) is 16.8. The molecule has 31 heavy (non-hydrogen) atoms. The highest BCUT2D eigenvalue weighted by Gasteiger charge is 2.27. The van der Waals surface area contributed by atoms with E-state index in [4.69, 9.17) is 9.47 Å². The molecule has 1 aromatic heterocycles. The quantitative estimate of drug-likeness (QED) is 0.691. The Kier molecular flexibility index (Phi) is 5.11. The van der Waals surface area contributed by atoms with Gasteiger partial charge in [-0.2, -0.15) is 0 Å². The minimum Gasteiger partial charge on any atom is -0.454 e. The van der Waals surface area contributed by atoms with Gasteiger partial charge in [0.1, 0.15) is 11.6 Å². The first-order chi connectivity index (χ1) is 15.2. The molecular weight excluding hydrogens is 399 g/mol. The number of nitrogens with one attached hydrogen (secondary N) is 1. The van der Waals surface area contributed by atoms with Crippen molar-refractivity contribution in [1.82, 2.24) is 9.97 Å². The molecule has 8 heteroatoms. The second kappa shape index (κ2) is 8.22. The van der Waals surface area contributed by atoms with E-state index in [-0.39, 0.29) is 24.4 Å². The lowest BCUT2D eigenvalue weighted by atomic mass is 9.97. The van der Waals surface area contributed by atoms with E-state index in [1.54, 1.807) is 30.5 Å². The summed E-state index contributed by atoms with van der Waals surface area (Å²) in [6.07, 6.45) is 3.38. The molecule has 0 aliphatic carbocycles. The number of carbonyl (C=O) groups excluding carboxylic acids is 1. The predicted octanol–water partition coefficient (Wildman–Crippen LogP) is 3.87. The Morgan fingerprint density at radius 2 is 1.94 bits per heavy atom. The first kappa shape index (κ1) is 19.3. The molecule has 0 spiro atoms. The Morgan fingerprint density at radius 1 is 1.10 bits per heavy atom. The van der Waals surface area contributed by atoms with Gasteiger partial charge in [-0.15, -0.1) is 0 Å². The molecule has 1 amide bonds. The van der Waals surface area contributed by atoms with Gasteiger partial charge < -0.3 is 19.7 Å². The molecule has 0 saturated carbocycles. The number of nitrogens with zero attached hydrogens (tertiary/aromatic N) is 3. The van der Waals surface area contributed by atoms with Crippen LogP contribution in [0.4, 0.5) is 15.9 Å². The van der Waals surface area contributed by atoms with Crippen LogP contribution >= 0.6 is 0 Å². The Bertz CT molecular complexity index is 1110. The summed E-state index contributed by atoms with van der Waals surface area (Å²) in [5.41, 5.74) is 1.43. The molecule has 3 heterocycles. The summed E-state index contributed by atoms with van der Waals surface area (Å²) < 4.78 is 23.9. The molecule has 1 saturated heterocycles. The Balaban J connectivity index is 1.28. The molecule has 0 radical (unpaired) electrons. The average molecular weight is 420 g/mol. The van der Waals surface area contributed by atoms with Gasteiger partial charge in [-0.1, -0.05) is 0 Å². The summed E-state index contributed by atoms with van der Waals surface area (Å²) in [6.45, 7) is 1.58. The molecule has 2 aromatic carbocycles. The third kappa shape index (κ3) is 4.14. The van der Waals surface area contributed by atoms with Crippen LogP contribution in [0.3, 0.4) is 0 Å². The maximum Gasteiger partial charge on any atom is 0.231 e. The summed E-state index contributed by atoms with van der Waals surface area (Å²) in [5, 5.41) is 2.99. The number of benzene rings is 2. The van der Waals surface area contributed by atoms with Gasteiger partial charge in [-0.25, -0.2) is 14.4 Å². The zero-order chi connectivity index (χ0) is 21.2. The molecule has 5 rings (SSSR count). The summed E-state index contributed by atoms with van der Waals surface area (Å²) in [7, 11) is 0. The van der Waals surface area contributed by atoms with Crippen molar-refractivity contribution in [1.29, 1.82) is 0 Å². The van der Waals surface area contributed by atoms with Gasteiger partial charge in [-0.05, 0) is 55.3 Å². The van der Waals surface area contributed by atoms with Crippen LogP contribution in [0, 0.1) is 11.7 Å². The molecule has 1 N–H and O–H groups in total. The number of halogens is 1. The zero-order valence-electron chi connectivity index (χ0n) is 16.8. The van der Waals surface area contributed by atoms with E-state index in [0.717, 1.165) is 30.8 Å². The van der Waals surface area contributed by atoms with Crippen molar-refractivity contribution in [3.05, 3.63) is 60.5 Å². The minimum absolute atomic E-state index is 0.0311. The number of carbonyl (C=O) groups is 1. The van der Waals surface area contributed by atoms with Crippen molar-refractivity contribution in [2.75, 3.05) is 30.1 Å². The van der Waals surface area contributed by atoms with E-state index in [0.29, 0.717) is 29.6 Å². The summed E-state index contributed by atoms with van der Waals surface area (Å²) >= 11 is 0. The highest BCUT2D eigenvalue weighted by Crippen LogP contribution is 2.34. The van der Waals surface area contributed by atoms with Crippen LogP contribution in [0.25, 0.3) is 11.4 Å². The third-order valence-electron chi connectivity index (χ3n) is 5.50. The first-order valence-corrected chi connectivity index (χ1v) is 10.2. The van der Waals surface area contributed by atoms with Crippen molar-refractivity contribution in [3.8, 4) is 22.9 Å². The average Bonchev–Trinajstić information content (AvgIpc) is 3.28. The van der Waals surface area contributed by atoms with Crippen LogP contribution in [-0.2, 0) is 4.79 Å². The number of ether oxygens (including phenoxy) is 2. The van der Waals surface area contributed by atoms with Crippen LogP contribution in [0.1, 0.15) is 12.8 Å². The second-order valence-corrected chi connectivity index (χ2v) is 7.59. The van der Waals surface area contributed by atoms with Crippen LogP contribution in [0.15, 0.2) is 54.7 Å². The first-order valence-electron chi connectivity index (χ1n) is 10.2. The fraction of sp³-hybridized carbons (Fsp3) is 0.261. The third-order valence-corrected chi connectivity index (χ3v) is 5.50. The van der Waals surface area contributed by atoms with E-state index >= 15 is 0 Å². The molecule has 2 aliphatic heterocycles. The van der Waals surface area contributed by atoms with E-state index < -0.39 is 0 Å². The molecule has 1 fully saturated rings. The summed E-state index contributed by atoms with van der Waals surface area (Å²) in [5.74, 6) is 2.12. The Labute approximate surface area is 178 Å². The van der Waals surface area contributed by atoms with E-state index in [1.165, 1.54) is 12.1 Å². The standard InChI is InChI=1S/C23H21FN4O3/c24-17-5-3-15(4-6-17)22-25-10-9-21(27-22)28-11-1-2-16(13-28)23(29)26-18-7-8-19-20(12-18)31-14-30-19/h3-10,12,16H,1-2,11,13-14H2,(H,26,29)/t16-/m0/s1. The van der Waals surface area contributed by atoms with Crippen molar-refractivity contribution in [2.24, 2.45) is 5.92 Å². The number of aromatic nitrogens is 2. The van der Waals surface area contributed by atoms with Gasteiger partial charge in [0.05, 0.1) is 5.92 Å². The number of hydrogen-bond acceptors (Lipinski definition) is 6. The van der Waals surface area contributed by atoms with Gasteiger partial charge in [0.2, 0.25) is 12.7 Å². The highest BCUT2D eigenvalue weighted by molar-refractivity contribution is 5.93. The van der Waals surface area contributed by atoms with Crippen LogP contribution < -0.4 is 19.7 Å². The topological polar surface area (TPSA) is 76.6 Å². The van der Waals surface area contributed by atoms with Crippen LogP contribution in [0.5, 0.6) is 11.5 Å². The lowest BCUT2D eigenvalue weighted by Crippen LogP contribution is -2.41.